The molecule has 3 nitrogen and oxygen atoms in total. The molecule has 0 spiro atoms. The first kappa shape index (κ1) is 8.29. The van der Waals surface area contributed by atoms with Gasteiger partial charge in [-0.2, -0.15) is 5.10 Å². The fourth-order valence-electron chi connectivity index (χ4n) is 1.77. The van der Waals surface area contributed by atoms with E-state index in [-0.39, 0.29) is 0 Å². The highest BCUT2D eigenvalue weighted by Crippen LogP contribution is 2.17. The normalized spacial score (nSPS) is 11.0. The molecule has 0 atom stereocenters. The minimum atomic E-state index is 1.06. The fourth-order valence-corrected chi connectivity index (χ4v) is 1.77. The Labute approximate surface area is 87.4 Å². The molecule has 2 heterocycles. The van der Waals surface area contributed by atoms with E-state index in [0.717, 1.165) is 22.3 Å². The fraction of sp³-hybridized carbons (Fsp3) is 0.0833. The molecule has 0 aliphatic rings. The first-order chi connectivity index (χ1) is 7.34. The van der Waals surface area contributed by atoms with E-state index in [1.165, 1.54) is 0 Å². The summed E-state index contributed by atoms with van der Waals surface area (Å²) in [6.45, 7) is 2.04. The molecule has 0 fully saturated rings. The highest BCUT2D eigenvalue weighted by Gasteiger charge is 2.01. The van der Waals surface area contributed by atoms with E-state index in [9.17, 15) is 0 Å². The van der Waals surface area contributed by atoms with E-state index in [4.69, 9.17) is 0 Å². The Morgan fingerprint density at radius 3 is 3.13 bits per heavy atom. The average Bonchev–Trinajstić information content (AvgIpc) is 2.84. The number of H-pyrrole nitrogens is 1. The van der Waals surface area contributed by atoms with E-state index < -0.39 is 0 Å². The molecule has 0 saturated heterocycles. The first-order valence-corrected chi connectivity index (χ1v) is 4.84. The first-order valence-electron chi connectivity index (χ1n) is 4.84. The zero-order valence-corrected chi connectivity index (χ0v) is 8.36. The van der Waals surface area contributed by atoms with Crippen molar-refractivity contribution in [1.82, 2.24) is 14.8 Å². The highest BCUT2D eigenvalue weighted by atomic mass is 15.1. The third kappa shape index (κ3) is 1.24. The van der Waals surface area contributed by atoms with Crippen LogP contribution in [0.5, 0.6) is 0 Å². The van der Waals surface area contributed by atoms with Crippen LogP contribution in [0.15, 0.2) is 36.7 Å². The van der Waals surface area contributed by atoms with Crippen LogP contribution in [0.4, 0.5) is 0 Å². The topological polar surface area (TPSA) is 33.6 Å². The lowest BCUT2D eigenvalue weighted by molar-refractivity contribution is 1.01. The summed E-state index contributed by atoms with van der Waals surface area (Å²) in [6.07, 6.45) is 3.83. The van der Waals surface area contributed by atoms with Gasteiger partial charge in [0, 0.05) is 29.0 Å². The van der Waals surface area contributed by atoms with E-state index in [1.807, 2.05) is 25.4 Å². The van der Waals surface area contributed by atoms with Gasteiger partial charge >= 0.3 is 0 Å². The number of aromatic nitrogens is 3. The third-order valence-corrected chi connectivity index (χ3v) is 2.58. The largest absolute Gasteiger partial charge is 0.320 e. The molecule has 0 amide bonds. The Balaban J connectivity index is 2.23. The minimum Gasteiger partial charge on any atom is -0.320 e. The molecule has 0 unspecified atom stereocenters. The third-order valence-electron chi connectivity index (χ3n) is 2.58. The number of aryl methyl sites for hydroxylation is 1. The van der Waals surface area contributed by atoms with Crippen LogP contribution in [-0.2, 0) is 0 Å². The Kier molecular flexibility index (Phi) is 1.65. The summed E-state index contributed by atoms with van der Waals surface area (Å²) in [5.74, 6) is 0. The summed E-state index contributed by atoms with van der Waals surface area (Å²) >= 11 is 0. The second-order valence-electron chi connectivity index (χ2n) is 3.56. The summed E-state index contributed by atoms with van der Waals surface area (Å²) in [4.78, 5) is 0. The molecule has 2 aromatic heterocycles. The number of fused-ring (bicyclic) bond motifs is 1. The monoisotopic (exact) mass is 196 g/mol. The number of aromatic amines is 1. The smallest absolute Gasteiger partial charge is 0.0671 e. The molecule has 3 aromatic rings. The minimum absolute atomic E-state index is 1.06. The Morgan fingerprint density at radius 1 is 1.40 bits per heavy atom. The maximum atomic E-state index is 4.00. The van der Waals surface area contributed by atoms with Crippen LogP contribution in [0.1, 0.15) is 5.69 Å². The molecule has 73 valence electrons. The van der Waals surface area contributed by atoms with Crippen LogP contribution in [0.25, 0.3) is 16.6 Å². The molecule has 1 radical (unpaired) electrons. The second kappa shape index (κ2) is 2.98. The Morgan fingerprint density at radius 2 is 2.33 bits per heavy atom. The highest BCUT2D eigenvalue weighted by molar-refractivity contribution is 5.80. The van der Waals surface area contributed by atoms with Crippen LogP contribution < -0.4 is 0 Å². The summed E-state index contributed by atoms with van der Waals surface area (Å²) in [6, 6.07) is 11.3. The molecule has 3 heteroatoms. The molecular formula is C12H10N3. The lowest BCUT2D eigenvalue weighted by Gasteiger charge is -2.05. The van der Waals surface area contributed by atoms with Gasteiger partial charge in [-0.15, -0.1) is 0 Å². The van der Waals surface area contributed by atoms with Gasteiger partial charge in [-0.3, -0.25) is 5.10 Å². The number of nitrogens with one attached hydrogen (secondary N) is 1. The van der Waals surface area contributed by atoms with Gasteiger partial charge in [0.25, 0.3) is 0 Å². The van der Waals surface area contributed by atoms with Gasteiger partial charge in [-0.1, -0.05) is 0 Å². The molecular weight excluding hydrogens is 186 g/mol. The van der Waals surface area contributed by atoms with Crippen molar-refractivity contribution in [2.75, 3.05) is 0 Å². The second-order valence-corrected chi connectivity index (χ2v) is 3.56. The van der Waals surface area contributed by atoms with Crippen molar-refractivity contribution in [2.45, 2.75) is 6.92 Å². The van der Waals surface area contributed by atoms with E-state index >= 15 is 0 Å². The molecule has 0 aliphatic heterocycles. The molecule has 0 saturated carbocycles. The molecule has 15 heavy (non-hydrogen) atoms. The quantitative estimate of drug-likeness (QED) is 0.637. The average molecular weight is 196 g/mol. The van der Waals surface area contributed by atoms with Gasteiger partial charge in [0.15, 0.2) is 0 Å². The lowest BCUT2D eigenvalue weighted by Crippen LogP contribution is -1.93. The number of hydrogen-bond acceptors (Lipinski definition) is 1. The number of hydrogen-bond donors (Lipinski definition) is 1. The Bertz CT molecular complexity index is 604. The van der Waals surface area contributed by atoms with Crippen LogP contribution in [0.2, 0.25) is 0 Å². The number of nitrogens with zero attached hydrogens (tertiary/aromatic N) is 2. The zero-order valence-electron chi connectivity index (χ0n) is 8.36. The van der Waals surface area contributed by atoms with Crippen molar-refractivity contribution < 1.29 is 0 Å². The molecule has 0 bridgehead atoms. The predicted molar refractivity (Wildman–Crippen MR) is 59.0 cm³/mol. The summed E-state index contributed by atoms with van der Waals surface area (Å²) in [7, 11) is 0. The van der Waals surface area contributed by atoms with Crippen LogP contribution >= 0.6 is 0 Å². The van der Waals surface area contributed by atoms with Crippen LogP contribution in [0.3, 0.4) is 0 Å². The van der Waals surface area contributed by atoms with E-state index in [2.05, 4.69) is 39.0 Å². The summed E-state index contributed by atoms with van der Waals surface area (Å²) in [5, 5.41) is 8.10. The molecule has 1 N–H and O–H groups in total. The number of benzene rings is 1. The van der Waals surface area contributed by atoms with Crippen molar-refractivity contribution in [3.05, 3.63) is 48.4 Å². The van der Waals surface area contributed by atoms with Gasteiger partial charge in [-0.05, 0) is 31.2 Å². The van der Waals surface area contributed by atoms with Crippen molar-refractivity contribution in [3.63, 3.8) is 0 Å². The SMILES string of the molecule is Cc1[c]ccn1-c1ccc2cn[nH]c2c1. The van der Waals surface area contributed by atoms with Gasteiger partial charge in [0.2, 0.25) is 0 Å². The van der Waals surface area contributed by atoms with Crippen molar-refractivity contribution in [2.24, 2.45) is 0 Å². The van der Waals surface area contributed by atoms with Crippen LogP contribution in [-0.4, -0.2) is 14.8 Å². The molecule has 0 aliphatic carbocycles. The Hall–Kier alpha value is -2.03. The number of rotatable bonds is 1. The lowest BCUT2D eigenvalue weighted by atomic mass is 10.2. The predicted octanol–water partition coefficient (Wildman–Crippen LogP) is 2.46. The maximum Gasteiger partial charge on any atom is 0.0671 e. The van der Waals surface area contributed by atoms with Crippen molar-refractivity contribution >= 4 is 10.9 Å². The van der Waals surface area contributed by atoms with Crippen molar-refractivity contribution in [1.29, 1.82) is 0 Å². The van der Waals surface area contributed by atoms with E-state index in [1.54, 1.807) is 0 Å². The van der Waals surface area contributed by atoms with E-state index in [0.29, 0.717) is 0 Å². The van der Waals surface area contributed by atoms with Gasteiger partial charge in [0.1, 0.15) is 0 Å². The summed E-state index contributed by atoms with van der Waals surface area (Å²) < 4.78 is 2.10. The van der Waals surface area contributed by atoms with Gasteiger partial charge in [0.05, 0.1) is 11.7 Å². The zero-order chi connectivity index (χ0) is 10.3. The molecule has 1 aromatic carbocycles. The summed E-state index contributed by atoms with van der Waals surface area (Å²) in [5.41, 5.74) is 3.29. The molecule has 3 rings (SSSR count). The van der Waals surface area contributed by atoms with Crippen molar-refractivity contribution in [3.8, 4) is 5.69 Å². The van der Waals surface area contributed by atoms with Gasteiger partial charge < -0.3 is 4.57 Å². The standard InChI is InChI=1S/C12H10N3/c1-9-3-2-6-15(9)11-5-4-10-8-13-14-12(10)7-11/h2,4-8H,1H3,(H,13,14). The van der Waals surface area contributed by atoms with Gasteiger partial charge in [-0.25, -0.2) is 0 Å². The van der Waals surface area contributed by atoms with Crippen LogP contribution in [0, 0.1) is 13.0 Å². The maximum absolute atomic E-state index is 4.00.